The van der Waals surface area contributed by atoms with Crippen molar-refractivity contribution in [3.05, 3.63) is 0 Å². The van der Waals surface area contributed by atoms with Crippen LogP contribution in [0.3, 0.4) is 0 Å². The van der Waals surface area contributed by atoms with E-state index in [0.29, 0.717) is 6.61 Å². The van der Waals surface area contributed by atoms with Gasteiger partial charge in [0.25, 0.3) is 0 Å². The molecule has 0 rings (SSSR count). The summed E-state index contributed by atoms with van der Waals surface area (Å²) in [5.74, 6) is 0. The van der Waals surface area contributed by atoms with Crippen molar-refractivity contribution in [3.63, 3.8) is 0 Å². The summed E-state index contributed by atoms with van der Waals surface area (Å²) in [6.45, 7) is 2.40. The first-order chi connectivity index (χ1) is 2.41. The smallest absolute Gasteiger partial charge is 0.0430 e. The minimum atomic E-state index is 0. The molecule has 0 aliphatic heterocycles. The zero-order valence-electron chi connectivity index (χ0n) is 4.28. The maximum absolute atomic E-state index is 8.07. The Kier molecular flexibility index (Phi) is 16.8. The molecule has 0 saturated heterocycles. The van der Waals surface area contributed by atoms with Gasteiger partial charge >= 0.3 is 0 Å². The number of hydrogen-bond acceptors (Lipinski definition) is 1. The standard InChI is InChI=1S/C4H10O.Sr/c1-2-3-4-5;/h5H,2-4H2,1H3;. The molecule has 0 aromatic rings. The number of unbranched alkanes of at least 4 members (excludes halogenated alkanes) is 1. The second kappa shape index (κ2) is 9.67. The topological polar surface area (TPSA) is 20.2 Å². The second-order valence-corrected chi connectivity index (χ2v) is 1.08. The third-order valence-electron chi connectivity index (χ3n) is 0.512. The number of aliphatic hydroxyl groups excluding tert-OH is 1. The van der Waals surface area contributed by atoms with E-state index >= 15 is 0 Å². The first kappa shape index (κ1) is 10.4. The van der Waals surface area contributed by atoms with Crippen LogP contribution < -0.4 is 0 Å². The molecule has 0 aromatic carbocycles. The number of hydrogen-bond donors (Lipinski definition) is 1. The van der Waals surface area contributed by atoms with Gasteiger partial charge in [-0.15, -0.1) is 0 Å². The number of aliphatic hydroxyl groups is 1. The van der Waals surface area contributed by atoms with Crippen molar-refractivity contribution in [1.29, 1.82) is 0 Å². The van der Waals surface area contributed by atoms with Gasteiger partial charge in [0.1, 0.15) is 0 Å². The van der Waals surface area contributed by atoms with Crippen LogP contribution in [-0.2, 0) is 0 Å². The Morgan fingerprint density at radius 3 is 2.00 bits per heavy atom. The van der Waals surface area contributed by atoms with Crippen LogP contribution in [0.4, 0.5) is 0 Å². The predicted molar refractivity (Wildman–Crippen MR) is 27.7 cm³/mol. The van der Waals surface area contributed by atoms with E-state index in [9.17, 15) is 0 Å². The predicted octanol–water partition coefficient (Wildman–Crippen LogP) is 0.398. The molecule has 0 aromatic heterocycles. The molecule has 0 saturated carbocycles. The molecule has 2 heteroatoms. The average molecular weight is 162 g/mol. The molecule has 1 N–H and O–H groups in total. The minimum Gasteiger partial charge on any atom is -0.396 e. The van der Waals surface area contributed by atoms with E-state index in [1.807, 2.05) is 0 Å². The van der Waals surface area contributed by atoms with E-state index in [-0.39, 0.29) is 45.5 Å². The second-order valence-electron chi connectivity index (χ2n) is 1.08. The molecule has 0 fully saturated rings. The quantitative estimate of drug-likeness (QED) is 0.582. The molecule has 0 amide bonds. The Bertz CT molecular complexity index is 15.0. The molecule has 0 spiro atoms. The van der Waals surface area contributed by atoms with Crippen LogP contribution in [-0.4, -0.2) is 57.2 Å². The van der Waals surface area contributed by atoms with Crippen LogP contribution in [0.2, 0.25) is 0 Å². The van der Waals surface area contributed by atoms with Gasteiger partial charge < -0.3 is 5.11 Å². The summed E-state index contributed by atoms with van der Waals surface area (Å²) in [6.07, 6.45) is 2.04. The van der Waals surface area contributed by atoms with Gasteiger partial charge in [-0.25, -0.2) is 0 Å². The molecule has 0 unspecified atom stereocenters. The van der Waals surface area contributed by atoms with Gasteiger partial charge in [-0.05, 0) is 6.42 Å². The van der Waals surface area contributed by atoms with E-state index in [2.05, 4.69) is 6.92 Å². The van der Waals surface area contributed by atoms with E-state index in [1.54, 1.807) is 0 Å². The molecule has 0 heterocycles. The minimum absolute atomic E-state index is 0. The van der Waals surface area contributed by atoms with Crippen molar-refractivity contribution in [3.8, 4) is 0 Å². The molecule has 0 bridgehead atoms. The van der Waals surface area contributed by atoms with Crippen molar-refractivity contribution in [2.24, 2.45) is 0 Å². The summed E-state index contributed by atoms with van der Waals surface area (Å²) in [4.78, 5) is 0. The fourth-order valence-corrected chi connectivity index (χ4v) is 0.158. The van der Waals surface area contributed by atoms with Crippen LogP contribution in [0.25, 0.3) is 0 Å². The molecular formula is C4H10OSr. The van der Waals surface area contributed by atoms with Crippen LogP contribution in [0, 0.1) is 0 Å². The summed E-state index contributed by atoms with van der Waals surface area (Å²) in [6, 6.07) is 0. The maximum atomic E-state index is 8.07. The number of rotatable bonds is 2. The van der Waals surface area contributed by atoms with E-state index in [0.717, 1.165) is 12.8 Å². The van der Waals surface area contributed by atoms with Crippen molar-refractivity contribution < 1.29 is 5.11 Å². The van der Waals surface area contributed by atoms with Crippen molar-refractivity contribution >= 4 is 45.5 Å². The van der Waals surface area contributed by atoms with Crippen molar-refractivity contribution in [1.82, 2.24) is 0 Å². The van der Waals surface area contributed by atoms with E-state index in [1.165, 1.54) is 0 Å². The fraction of sp³-hybridized carbons (Fsp3) is 1.00. The van der Waals surface area contributed by atoms with Crippen LogP contribution in [0.5, 0.6) is 0 Å². The largest absolute Gasteiger partial charge is 0.396 e. The molecular weight excluding hydrogens is 152 g/mol. The van der Waals surface area contributed by atoms with Crippen LogP contribution >= 0.6 is 0 Å². The Hall–Kier alpha value is 1.44. The summed E-state index contributed by atoms with van der Waals surface area (Å²) >= 11 is 0. The molecule has 1 nitrogen and oxygen atoms in total. The summed E-state index contributed by atoms with van der Waals surface area (Å²) in [5.41, 5.74) is 0. The normalized spacial score (nSPS) is 7.00. The Labute approximate surface area is 76.0 Å². The molecule has 0 aliphatic carbocycles. The van der Waals surface area contributed by atoms with Crippen molar-refractivity contribution in [2.75, 3.05) is 6.61 Å². The van der Waals surface area contributed by atoms with E-state index < -0.39 is 0 Å². The molecule has 0 aliphatic rings. The van der Waals surface area contributed by atoms with Crippen LogP contribution in [0.1, 0.15) is 19.8 Å². The Morgan fingerprint density at radius 2 is 2.00 bits per heavy atom. The Morgan fingerprint density at radius 1 is 1.50 bits per heavy atom. The summed E-state index contributed by atoms with van der Waals surface area (Å²) < 4.78 is 0. The third-order valence-corrected chi connectivity index (χ3v) is 0.512. The van der Waals surface area contributed by atoms with Gasteiger partial charge in [0, 0.05) is 52.1 Å². The maximum Gasteiger partial charge on any atom is 0.0430 e. The van der Waals surface area contributed by atoms with Crippen molar-refractivity contribution in [2.45, 2.75) is 19.8 Å². The zero-order chi connectivity index (χ0) is 4.12. The molecule has 6 heavy (non-hydrogen) atoms. The van der Waals surface area contributed by atoms with E-state index in [4.69, 9.17) is 5.11 Å². The first-order valence-electron chi connectivity index (χ1n) is 2.02. The molecule has 0 atom stereocenters. The zero-order valence-corrected chi connectivity index (χ0v) is 7.75. The first-order valence-corrected chi connectivity index (χ1v) is 2.02. The van der Waals surface area contributed by atoms with Crippen LogP contribution in [0.15, 0.2) is 0 Å². The van der Waals surface area contributed by atoms with Gasteiger partial charge in [0.15, 0.2) is 0 Å². The van der Waals surface area contributed by atoms with Gasteiger partial charge in [-0.3, -0.25) is 0 Å². The average Bonchev–Trinajstić information content (AvgIpc) is 1.41. The van der Waals surface area contributed by atoms with Gasteiger partial charge in [0.05, 0.1) is 0 Å². The van der Waals surface area contributed by atoms with Gasteiger partial charge in [-0.1, -0.05) is 13.3 Å². The van der Waals surface area contributed by atoms with Gasteiger partial charge in [0.2, 0.25) is 0 Å². The summed E-state index contributed by atoms with van der Waals surface area (Å²) in [7, 11) is 0. The molecule has 2 radical (unpaired) electrons. The molecule has 34 valence electrons. The monoisotopic (exact) mass is 162 g/mol. The fourth-order valence-electron chi connectivity index (χ4n) is 0.158. The van der Waals surface area contributed by atoms with Gasteiger partial charge in [-0.2, -0.15) is 0 Å². The SMILES string of the molecule is CCCCO.[Sr]. The third kappa shape index (κ3) is 9.06. The Balaban J connectivity index is 0. The summed E-state index contributed by atoms with van der Waals surface area (Å²) in [5, 5.41) is 8.07.